The minimum Gasteiger partial charge on any atom is -0.369 e. The summed E-state index contributed by atoms with van der Waals surface area (Å²) in [7, 11) is 0. The molecule has 0 aliphatic heterocycles. The van der Waals surface area contributed by atoms with Crippen LogP contribution in [0.4, 0.5) is 0 Å². The van der Waals surface area contributed by atoms with E-state index in [1.807, 2.05) is 29.5 Å². The van der Waals surface area contributed by atoms with E-state index in [1.165, 1.54) is 0 Å². The van der Waals surface area contributed by atoms with Crippen molar-refractivity contribution in [3.63, 3.8) is 0 Å². The molecule has 0 aromatic heterocycles. The first-order chi connectivity index (χ1) is 3.41. The zero-order valence-electron chi connectivity index (χ0n) is 4.20. The Bertz CT molecular complexity index is 79.8. The Hall–Kier alpha value is 0.250. The second-order valence-corrected chi connectivity index (χ2v) is 1.45. The van der Waals surface area contributed by atoms with Gasteiger partial charge in [-0.15, -0.1) is 0 Å². The third-order valence-corrected chi connectivity index (χ3v) is 0.827. The van der Waals surface area contributed by atoms with E-state index in [0.29, 0.717) is 6.61 Å². The van der Waals surface area contributed by atoms with Gasteiger partial charge in [-0.05, 0) is 10.9 Å². The molecular formula is C5H7IO. The van der Waals surface area contributed by atoms with Crippen molar-refractivity contribution in [2.45, 2.75) is 6.92 Å². The average Bonchev–Trinajstić information content (AvgIpc) is 1.69. The lowest BCUT2D eigenvalue weighted by atomic mass is 10.7. The Morgan fingerprint density at radius 3 is 2.86 bits per heavy atom. The minimum atomic E-state index is 0.569. The summed E-state index contributed by atoms with van der Waals surface area (Å²) in [6.07, 6.45) is 0. The fourth-order valence-corrected chi connectivity index (χ4v) is 0.336. The summed E-state index contributed by atoms with van der Waals surface area (Å²) in [5.41, 5.74) is 0. The molecular weight excluding hydrogens is 203 g/mol. The first-order valence-corrected chi connectivity index (χ1v) is 3.16. The molecule has 0 heterocycles. The summed E-state index contributed by atoms with van der Waals surface area (Å²) in [6.45, 7) is 3.28. The van der Waals surface area contributed by atoms with E-state index in [-0.39, 0.29) is 0 Å². The molecule has 0 bridgehead atoms. The van der Waals surface area contributed by atoms with Crippen LogP contribution in [0.2, 0.25) is 0 Å². The first kappa shape index (κ1) is 7.25. The molecule has 40 valence electrons. The summed E-state index contributed by atoms with van der Waals surface area (Å²) in [5.74, 6) is 2.76. The van der Waals surface area contributed by atoms with Crippen molar-refractivity contribution in [2.75, 3.05) is 13.2 Å². The first-order valence-electron chi connectivity index (χ1n) is 2.08. The van der Waals surface area contributed by atoms with Crippen LogP contribution in [0.5, 0.6) is 0 Å². The molecule has 7 heavy (non-hydrogen) atoms. The Balaban J connectivity index is 2.78. The van der Waals surface area contributed by atoms with E-state index >= 15 is 0 Å². The Morgan fingerprint density at radius 2 is 2.43 bits per heavy atom. The maximum Gasteiger partial charge on any atom is 0.108 e. The molecule has 0 aromatic carbocycles. The lowest BCUT2D eigenvalue weighted by Crippen LogP contribution is -1.87. The topological polar surface area (TPSA) is 9.23 Å². The Labute approximate surface area is 57.6 Å². The Morgan fingerprint density at radius 1 is 1.71 bits per heavy atom. The highest BCUT2D eigenvalue weighted by molar-refractivity contribution is 14.1. The van der Waals surface area contributed by atoms with Crippen molar-refractivity contribution < 1.29 is 4.74 Å². The van der Waals surface area contributed by atoms with Crippen molar-refractivity contribution >= 4 is 22.6 Å². The summed E-state index contributed by atoms with van der Waals surface area (Å²) in [4.78, 5) is 0. The van der Waals surface area contributed by atoms with Gasteiger partial charge in [0, 0.05) is 29.2 Å². The van der Waals surface area contributed by atoms with E-state index < -0.39 is 0 Å². The fourth-order valence-electron chi connectivity index (χ4n) is 0.180. The van der Waals surface area contributed by atoms with Crippen molar-refractivity contribution in [2.24, 2.45) is 0 Å². The van der Waals surface area contributed by atoms with Crippen molar-refractivity contribution in [3.8, 4) is 9.85 Å². The highest BCUT2D eigenvalue weighted by Gasteiger charge is 1.69. The Kier molecular flexibility index (Phi) is 6.47. The third-order valence-electron chi connectivity index (χ3n) is 0.445. The molecule has 0 N–H and O–H groups in total. The third kappa shape index (κ3) is 6.25. The molecule has 0 aliphatic carbocycles. The van der Waals surface area contributed by atoms with Crippen molar-refractivity contribution in [1.82, 2.24) is 0 Å². The van der Waals surface area contributed by atoms with Crippen LogP contribution in [0.1, 0.15) is 6.92 Å². The molecule has 0 spiro atoms. The summed E-state index contributed by atoms with van der Waals surface area (Å²) in [6, 6.07) is 0. The highest BCUT2D eigenvalue weighted by atomic mass is 127. The van der Waals surface area contributed by atoms with Crippen LogP contribution in [-0.2, 0) is 4.74 Å². The van der Waals surface area contributed by atoms with Gasteiger partial charge in [-0.2, -0.15) is 0 Å². The standard InChI is InChI=1S/C5H7IO/c1-2-7-5-3-4-6/h2,5H2,1H3. The fraction of sp³-hybridized carbons (Fsp3) is 0.600. The zero-order chi connectivity index (χ0) is 5.54. The maximum absolute atomic E-state index is 4.90. The minimum absolute atomic E-state index is 0.569. The van der Waals surface area contributed by atoms with Crippen LogP contribution >= 0.6 is 22.6 Å². The van der Waals surface area contributed by atoms with Gasteiger partial charge in [-0.3, -0.25) is 0 Å². The summed E-state index contributed by atoms with van der Waals surface area (Å²) in [5, 5.41) is 0. The predicted molar refractivity (Wildman–Crippen MR) is 38.3 cm³/mol. The van der Waals surface area contributed by atoms with Crippen LogP contribution in [0.3, 0.4) is 0 Å². The second-order valence-electron chi connectivity index (χ2n) is 0.908. The molecule has 0 saturated heterocycles. The summed E-state index contributed by atoms with van der Waals surface area (Å²) >= 11 is 1.99. The quantitative estimate of drug-likeness (QED) is 0.380. The molecule has 0 saturated carbocycles. The van der Waals surface area contributed by atoms with Crippen molar-refractivity contribution in [3.05, 3.63) is 0 Å². The molecule has 0 unspecified atom stereocenters. The molecule has 1 nitrogen and oxygen atoms in total. The van der Waals surface area contributed by atoms with Gasteiger partial charge >= 0.3 is 0 Å². The highest BCUT2D eigenvalue weighted by Crippen LogP contribution is 1.72. The van der Waals surface area contributed by atoms with Gasteiger partial charge in [-0.1, -0.05) is 5.92 Å². The van der Waals surface area contributed by atoms with E-state index in [4.69, 9.17) is 4.74 Å². The number of rotatable bonds is 2. The molecule has 0 atom stereocenters. The number of ether oxygens (including phenoxy) is 1. The second kappa shape index (κ2) is 6.25. The average molecular weight is 210 g/mol. The van der Waals surface area contributed by atoms with E-state index in [1.54, 1.807) is 0 Å². The van der Waals surface area contributed by atoms with Gasteiger partial charge in [0.2, 0.25) is 0 Å². The largest absolute Gasteiger partial charge is 0.369 e. The van der Waals surface area contributed by atoms with Crippen LogP contribution in [0.15, 0.2) is 0 Å². The smallest absolute Gasteiger partial charge is 0.108 e. The van der Waals surface area contributed by atoms with Gasteiger partial charge in [0.25, 0.3) is 0 Å². The van der Waals surface area contributed by atoms with Crippen LogP contribution in [0.25, 0.3) is 0 Å². The SMILES string of the molecule is CCOCC#CI. The number of hydrogen-bond acceptors (Lipinski definition) is 1. The summed E-state index contributed by atoms with van der Waals surface area (Å²) < 4.78 is 7.59. The van der Waals surface area contributed by atoms with Gasteiger partial charge in [0.05, 0.1) is 0 Å². The molecule has 0 radical (unpaired) electrons. The van der Waals surface area contributed by atoms with Gasteiger partial charge in [0.15, 0.2) is 0 Å². The van der Waals surface area contributed by atoms with Gasteiger partial charge in [0.1, 0.15) is 6.61 Å². The molecule has 0 aromatic rings. The van der Waals surface area contributed by atoms with E-state index in [9.17, 15) is 0 Å². The van der Waals surface area contributed by atoms with Gasteiger partial charge in [-0.25, -0.2) is 0 Å². The normalized spacial score (nSPS) is 7.14. The number of hydrogen-bond donors (Lipinski definition) is 0. The lowest BCUT2D eigenvalue weighted by molar-refractivity contribution is 0.182. The maximum atomic E-state index is 4.90. The van der Waals surface area contributed by atoms with Crippen molar-refractivity contribution in [1.29, 1.82) is 0 Å². The zero-order valence-corrected chi connectivity index (χ0v) is 6.36. The van der Waals surface area contributed by atoms with Gasteiger partial charge < -0.3 is 4.74 Å². The number of halogens is 1. The van der Waals surface area contributed by atoms with Crippen LogP contribution < -0.4 is 0 Å². The molecule has 2 heteroatoms. The monoisotopic (exact) mass is 210 g/mol. The lowest BCUT2D eigenvalue weighted by Gasteiger charge is -1.86. The van der Waals surface area contributed by atoms with E-state index in [0.717, 1.165) is 6.61 Å². The molecule has 0 rings (SSSR count). The van der Waals surface area contributed by atoms with Crippen LogP contribution in [0, 0.1) is 9.85 Å². The molecule has 0 amide bonds. The van der Waals surface area contributed by atoms with E-state index in [2.05, 4.69) is 9.85 Å². The molecule has 0 aliphatic rings. The van der Waals surface area contributed by atoms with Crippen LogP contribution in [-0.4, -0.2) is 13.2 Å². The predicted octanol–water partition coefficient (Wildman–Crippen LogP) is 1.42. The molecule has 0 fully saturated rings.